The topological polar surface area (TPSA) is 87.4 Å². The van der Waals surface area contributed by atoms with Gasteiger partial charge in [-0.2, -0.15) is 0 Å². The fraction of sp³-hybridized carbons (Fsp3) is 0.0833. The fourth-order valence-electron chi connectivity index (χ4n) is 1.48. The number of ketones is 1. The number of carbonyl (C=O) groups is 2. The summed E-state index contributed by atoms with van der Waals surface area (Å²) in [5.41, 5.74) is -0.0405. The Morgan fingerprint density at radius 1 is 1.24 bits per heavy atom. The van der Waals surface area contributed by atoms with Gasteiger partial charge in [0.2, 0.25) is 0 Å². The second kappa shape index (κ2) is 3.86. The molecular formula is C12H7O5-. The van der Waals surface area contributed by atoms with E-state index < -0.39 is 17.2 Å². The molecule has 0 aliphatic heterocycles. The Bertz CT molecular complexity index is 681. The summed E-state index contributed by atoms with van der Waals surface area (Å²) in [6.07, 6.45) is 0. The van der Waals surface area contributed by atoms with Crippen LogP contribution in [0.25, 0.3) is 11.0 Å². The van der Waals surface area contributed by atoms with Crippen LogP contribution in [-0.4, -0.2) is 11.8 Å². The standard InChI is InChI=1S/C12H8O5/c1-6(13)7-2-3-10-8(4-7)9(14)5-11(17-10)12(15)16/h2-5H,1H3,(H,15,16)/p-1. The maximum absolute atomic E-state index is 11.6. The molecule has 0 amide bonds. The Morgan fingerprint density at radius 2 is 1.94 bits per heavy atom. The summed E-state index contributed by atoms with van der Waals surface area (Å²) < 4.78 is 4.97. The Balaban J connectivity index is 2.77. The Morgan fingerprint density at radius 3 is 2.53 bits per heavy atom. The number of Topliss-reactive ketones (excluding diaryl/α,β-unsaturated/α-hetero) is 1. The molecule has 1 aromatic heterocycles. The summed E-state index contributed by atoms with van der Waals surface area (Å²) in [5, 5.41) is 10.7. The van der Waals surface area contributed by atoms with E-state index in [0.717, 1.165) is 6.07 Å². The minimum Gasteiger partial charge on any atom is -0.542 e. The van der Waals surface area contributed by atoms with Crippen molar-refractivity contribution in [3.8, 4) is 0 Å². The Labute approximate surface area is 95.3 Å². The van der Waals surface area contributed by atoms with Crippen molar-refractivity contribution in [1.82, 2.24) is 0 Å². The van der Waals surface area contributed by atoms with E-state index in [1.807, 2.05) is 0 Å². The lowest BCUT2D eigenvalue weighted by molar-refractivity contribution is -0.257. The van der Waals surface area contributed by atoms with Crippen LogP contribution in [0, 0.1) is 0 Å². The number of carbonyl (C=O) groups excluding carboxylic acids is 2. The second-order valence-corrected chi connectivity index (χ2v) is 3.53. The lowest BCUT2D eigenvalue weighted by atomic mass is 10.1. The molecule has 0 aliphatic rings. The summed E-state index contributed by atoms with van der Waals surface area (Å²) in [6, 6.07) is 5.07. The molecule has 0 saturated carbocycles. The minimum absolute atomic E-state index is 0.113. The number of carboxylic acids is 1. The normalized spacial score (nSPS) is 10.4. The van der Waals surface area contributed by atoms with Crippen LogP contribution in [0.3, 0.4) is 0 Å². The van der Waals surface area contributed by atoms with Gasteiger partial charge >= 0.3 is 0 Å². The fourth-order valence-corrected chi connectivity index (χ4v) is 1.48. The molecule has 2 rings (SSSR count). The Kier molecular flexibility index (Phi) is 2.51. The molecule has 0 spiro atoms. The molecule has 0 aliphatic carbocycles. The smallest absolute Gasteiger partial charge is 0.193 e. The summed E-state index contributed by atoms with van der Waals surface area (Å²) in [5.74, 6) is -2.27. The van der Waals surface area contributed by atoms with Gasteiger partial charge < -0.3 is 14.3 Å². The van der Waals surface area contributed by atoms with Crippen LogP contribution in [0.1, 0.15) is 27.8 Å². The third-order valence-electron chi connectivity index (χ3n) is 2.33. The molecule has 0 unspecified atom stereocenters. The first kappa shape index (κ1) is 11.1. The number of hydrogen-bond acceptors (Lipinski definition) is 5. The van der Waals surface area contributed by atoms with Gasteiger partial charge in [0.15, 0.2) is 17.0 Å². The van der Waals surface area contributed by atoms with Gasteiger partial charge in [0, 0.05) is 11.6 Å². The molecule has 0 bridgehead atoms. The summed E-state index contributed by atoms with van der Waals surface area (Å²) >= 11 is 0. The van der Waals surface area contributed by atoms with Gasteiger partial charge in [0.05, 0.1) is 5.39 Å². The predicted octanol–water partition coefficient (Wildman–Crippen LogP) is 0.359. The zero-order valence-electron chi connectivity index (χ0n) is 8.85. The molecular weight excluding hydrogens is 224 g/mol. The monoisotopic (exact) mass is 231 g/mol. The molecule has 0 fully saturated rings. The SMILES string of the molecule is CC(=O)c1ccc2oc(C(=O)[O-])cc(=O)c2c1. The highest BCUT2D eigenvalue weighted by Gasteiger charge is 2.08. The number of fused-ring (bicyclic) bond motifs is 1. The van der Waals surface area contributed by atoms with Crippen molar-refractivity contribution in [3.05, 3.63) is 45.8 Å². The third-order valence-corrected chi connectivity index (χ3v) is 2.33. The van der Waals surface area contributed by atoms with Crippen LogP contribution in [0.15, 0.2) is 33.5 Å². The van der Waals surface area contributed by atoms with Crippen molar-refractivity contribution in [2.75, 3.05) is 0 Å². The average Bonchev–Trinajstić information content (AvgIpc) is 2.28. The zero-order chi connectivity index (χ0) is 12.6. The van der Waals surface area contributed by atoms with Crippen molar-refractivity contribution < 1.29 is 19.1 Å². The van der Waals surface area contributed by atoms with E-state index in [9.17, 15) is 19.5 Å². The largest absolute Gasteiger partial charge is 0.542 e. The van der Waals surface area contributed by atoms with Gasteiger partial charge in [0.25, 0.3) is 0 Å². The molecule has 5 heteroatoms. The van der Waals surface area contributed by atoms with Gasteiger partial charge in [-0.05, 0) is 25.1 Å². The molecule has 1 heterocycles. The summed E-state index contributed by atoms with van der Waals surface area (Å²) in [4.78, 5) is 33.3. The van der Waals surface area contributed by atoms with Crippen molar-refractivity contribution in [2.45, 2.75) is 6.92 Å². The van der Waals surface area contributed by atoms with E-state index in [4.69, 9.17) is 4.42 Å². The third kappa shape index (κ3) is 1.94. The highest BCUT2D eigenvalue weighted by Crippen LogP contribution is 2.14. The van der Waals surface area contributed by atoms with Crippen molar-refractivity contribution in [3.63, 3.8) is 0 Å². The van der Waals surface area contributed by atoms with E-state index >= 15 is 0 Å². The van der Waals surface area contributed by atoms with Crippen LogP contribution in [0.4, 0.5) is 0 Å². The molecule has 5 nitrogen and oxygen atoms in total. The second-order valence-electron chi connectivity index (χ2n) is 3.53. The molecule has 2 aromatic rings. The van der Waals surface area contributed by atoms with Gasteiger partial charge in [0.1, 0.15) is 11.6 Å². The first-order chi connectivity index (χ1) is 7.99. The number of aromatic carboxylic acids is 1. The average molecular weight is 231 g/mol. The number of carboxylic acid groups (broad SMARTS) is 1. The van der Waals surface area contributed by atoms with Crippen molar-refractivity contribution in [2.24, 2.45) is 0 Å². The molecule has 17 heavy (non-hydrogen) atoms. The van der Waals surface area contributed by atoms with Gasteiger partial charge in [-0.1, -0.05) is 0 Å². The molecule has 1 aromatic carbocycles. The van der Waals surface area contributed by atoms with Gasteiger partial charge in [-0.15, -0.1) is 0 Å². The summed E-state index contributed by atoms with van der Waals surface area (Å²) in [6.45, 7) is 1.37. The Hall–Kier alpha value is -2.43. The predicted molar refractivity (Wildman–Crippen MR) is 56.8 cm³/mol. The van der Waals surface area contributed by atoms with Gasteiger partial charge in [-0.3, -0.25) is 9.59 Å². The molecule has 0 radical (unpaired) electrons. The number of rotatable bonds is 2. The molecule has 0 atom stereocenters. The van der Waals surface area contributed by atoms with Crippen LogP contribution < -0.4 is 10.5 Å². The first-order valence-electron chi connectivity index (χ1n) is 4.79. The molecule has 0 N–H and O–H groups in total. The van der Waals surface area contributed by atoms with Crippen LogP contribution in [0.5, 0.6) is 0 Å². The lowest BCUT2D eigenvalue weighted by Gasteiger charge is -2.04. The van der Waals surface area contributed by atoms with Gasteiger partial charge in [-0.25, -0.2) is 0 Å². The molecule has 0 saturated heterocycles. The van der Waals surface area contributed by atoms with Crippen LogP contribution in [-0.2, 0) is 0 Å². The van der Waals surface area contributed by atoms with E-state index in [1.165, 1.54) is 25.1 Å². The minimum atomic E-state index is -1.56. The summed E-state index contributed by atoms with van der Waals surface area (Å²) in [7, 11) is 0. The van der Waals surface area contributed by atoms with E-state index in [2.05, 4.69) is 0 Å². The number of hydrogen-bond donors (Lipinski definition) is 0. The van der Waals surface area contributed by atoms with Crippen LogP contribution in [0.2, 0.25) is 0 Å². The lowest BCUT2D eigenvalue weighted by Crippen LogP contribution is -2.23. The zero-order valence-corrected chi connectivity index (χ0v) is 8.85. The number of benzene rings is 1. The van der Waals surface area contributed by atoms with E-state index in [0.29, 0.717) is 5.56 Å². The quantitative estimate of drug-likeness (QED) is 0.696. The van der Waals surface area contributed by atoms with E-state index in [1.54, 1.807) is 0 Å². The molecule has 86 valence electrons. The maximum atomic E-state index is 11.6. The van der Waals surface area contributed by atoms with E-state index in [-0.39, 0.29) is 16.8 Å². The highest BCUT2D eigenvalue weighted by atomic mass is 16.4. The van der Waals surface area contributed by atoms with Crippen molar-refractivity contribution >= 4 is 22.7 Å². The highest BCUT2D eigenvalue weighted by molar-refractivity contribution is 5.97. The first-order valence-corrected chi connectivity index (χ1v) is 4.79. The maximum Gasteiger partial charge on any atom is 0.193 e. The van der Waals surface area contributed by atoms with Crippen molar-refractivity contribution in [1.29, 1.82) is 0 Å². The van der Waals surface area contributed by atoms with Crippen LogP contribution >= 0.6 is 0 Å².